The molecule has 1 unspecified atom stereocenters. The predicted octanol–water partition coefficient (Wildman–Crippen LogP) is 2.91. The van der Waals surface area contributed by atoms with Crippen LogP contribution in [0.15, 0.2) is 60.7 Å². The van der Waals surface area contributed by atoms with Crippen LogP contribution in [-0.2, 0) is 35.3 Å². The molecule has 2 N–H and O–H groups in total. The zero-order chi connectivity index (χ0) is 31.7. The van der Waals surface area contributed by atoms with Gasteiger partial charge in [-0.05, 0) is 35.7 Å². The van der Waals surface area contributed by atoms with Crippen molar-refractivity contribution in [2.75, 3.05) is 11.9 Å². The second-order valence-electron chi connectivity index (χ2n) is 10.0. The van der Waals surface area contributed by atoms with Gasteiger partial charge in [0.25, 0.3) is 17.5 Å². The molecular formula is C29H30N4O10. The van der Waals surface area contributed by atoms with Crippen molar-refractivity contribution in [3.05, 3.63) is 76.4 Å². The summed E-state index contributed by atoms with van der Waals surface area (Å²) in [4.78, 5) is 84.3. The van der Waals surface area contributed by atoms with Crippen LogP contribution in [0.2, 0.25) is 0 Å². The molecule has 0 bridgehead atoms. The molecule has 0 saturated carbocycles. The highest BCUT2D eigenvalue weighted by Crippen LogP contribution is 2.19. The summed E-state index contributed by atoms with van der Waals surface area (Å²) in [7, 11) is 0. The van der Waals surface area contributed by atoms with Gasteiger partial charge in [-0.25, -0.2) is 4.79 Å². The number of carbonyl (C=O) groups excluding carboxylic acids is 6. The number of rotatable bonds is 13. The van der Waals surface area contributed by atoms with Gasteiger partial charge in [-0.2, -0.15) is 0 Å². The summed E-state index contributed by atoms with van der Waals surface area (Å²) in [5, 5.41) is 16.0. The number of ether oxygens (including phenoxy) is 2. The van der Waals surface area contributed by atoms with Crippen molar-refractivity contribution < 1.29 is 43.2 Å². The number of nitro benzene ring substituents is 1. The Kier molecular flexibility index (Phi) is 10.8. The minimum absolute atomic E-state index is 0.0796. The first-order valence-electron chi connectivity index (χ1n) is 13.2. The average molecular weight is 595 g/mol. The van der Waals surface area contributed by atoms with E-state index in [0.29, 0.717) is 11.3 Å². The standard InChI is InChI=1S/C29H30N4O10/c1-17(2)27(31-24(35)15-32-25(36)12-13-26(32)37)23(34)14-18(3)28(38)30-20-6-4-19(5-7-20)16-42-29(39)43-22-10-8-21(9-11-22)33(40)41/h4-13,17-18,27H,14-16H2,1-3H3,(H,30,38)(H,31,35)/t18-,27?/m1/s1. The quantitative estimate of drug-likeness (QED) is 0.115. The Balaban J connectivity index is 1.45. The van der Waals surface area contributed by atoms with Crippen LogP contribution in [0.25, 0.3) is 0 Å². The van der Waals surface area contributed by atoms with Crippen LogP contribution >= 0.6 is 0 Å². The second kappa shape index (κ2) is 14.5. The van der Waals surface area contributed by atoms with Crippen LogP contribution in [-0.4, -0.2) is 58.0 Å². The van der Waals surface area contributed by atoms with E-state index in [1.165, 1.54) is 24.3 Å². The second-order valence-corrected chi connectivity index (χ2v) is 10.0. The molecular weight excluding hydrogens is 564 g/mol. The van der Waals surface area contributed by atoms with E-state index in [9.17, 15) is 38.9 Å². The molecule has 0 fully saturated rings. The maximum absolute atomic E-state index is 12.9. The number of hydrogen-bond acceptors (Lipinski definition) is 10. The fourth-order valence-corrected chi connectivity index (χ4v) is 3.94. The number of imide groups is 1. The summed E-state index contributed by atoms with van der Waals surface area (Å²) in [6.07, 6.45) is 0.951. The van der Waals surface area contributed by atoms with Gasteiger partial charge in [-0.15, -0.1) is 0 Å². The number of nitrogens with one attached hydrogen (secondary N) is 2. The number of carbonyl (C=O) groups is 6. The minimum Gasteiger partial charge on any atom is -0.429 e. The average Bonchev–Trinajstić information content (AvgIpc) is 3.27. The third-order valence-corrected chi connectivity index (χ3v) is 6.31. The molecule has 3 rings (SSSR count). The molecule has 1 aliphatic rings. The van der Waals surface area contributed by atoms with E-state index in [-0.39, 0.29) is 36.2 Å². The number of hydrogen-bond donors (Lipinski definition) is 2. The first-order chi connectivity index (χ1) is 20.3. The maximum atomic E-state index is 12.9. The lowest BCUT2D eigenvalue weighted by molar-refractivity contribution is -0.384. The normalized spacial score (nSPS) is 13.8. The fourth-order valence-electron chi connectivity index (χ4n) is 3.94. The molecule has 1 heterocycles. The summed E-state index contributed by atoms with van der Waals surface area (Å²) in [6.45, 7) is 4.37. The number of anilines is 1. The highest BCUT2D eigenvalue weighted by atomic mass is 16.7. The zero-order valence-corrected chi connectivity index (χ0v) is 23.6. The van der Waals surface area contributed by atoms with Gasteiger partial charge in [0.1, 0.15) is 18.9 Å². The lowest BCUT2D eigenvalue weighted by Crippen LogP contribution is -2.49. The molecule has 0 spiro atoms. The van der Waals surface area contributed by atoms with E-state index in [4.69, 9.17) is 9.47 Å². The maximum Gasteiger partial charge on any atom is 0.514 e. The summed E-state index contributed by atoms with van der Waals surface area (Å²) in [6, 6.07) is 10.4. The fraction of sp³-hybridized carbons (Fsp3) is 0.310. The molecule has 4 amide bonds. The molecule has 0 saturated heterocycles. The van der Waals surface area contributed by atoms with Gasteiger partial charge in [0.05, 0.1) is 11.0 Å². The van der Waals surface area contributed by atoms with Crippen LogP contribution in [0.3, 0.4) is 0 Å². The zero-order valence-electron chi connectivity index (χ0n) is 23.6. The molecule has 226 valence electrons. The highest BCUT2D eigenvalue weighted by Gasteiger charge is 2.30. The van der Waals surface area contributed by atoms with Crippen molar-refractivity contribution in [2.24, 2.45) is 11.8 Å². The van der Waals surface area contributed by atoms with Gasteiger partial charge in [0.2, 0.25) is 11.8 Å². The number of ketones is 1. The lowest BCUT2D eigenvalue weighted by atomic mass is 9.92. The van der Waals surface area contributed by atoms with Crippen molar-refractivity contribution >= 4 is 46.9 Å². The third kappa shape index (κ3) is 9.31. The smallest absolute Gasteiger partial charge is 0.429 e. The van der Waals surface area contributed by atoms with Crippen molar-refractivity contribution in [1.82, 2.24) is 10.2 Å². The van der Waals surface area contributed by atoms with E-state index < -0.39 is 53.2 Å². The number of Topliss-reactive ketones (excluding diaryl/α,β-unsaturated/α-hetero) is 1. The number of benzene rings is 2. The number of nitro groups is 1. The van der Waals surface area contributed by atoms with E-state index in [0.717, 1.165) is 17.1 Å². The molecule has 43 heavy (non-hydrogen) atoms. The number of nitrogens with zero attached hydrogens (tertiary/aromatic N) is 2. The van der Waals surface area contributed by atoms with Gasteiger partial charge in [-0.3, -0.25) is 39.0 Å². The van der Waals surface area contributed by atoms with E-state index in [1.54, 1.807) is 45.0 Å². The summed E-state index contributed by atoms with van der Waals surface area (Å²) < 4.78 is 10.0. The summed E-state index contributed by atoms with van der Waals surface area (Å²) in [5.74, 6) is -3.67. The first kappa shape index (κ1) is 32.1. The first-order valence-corrected chi connectivity index (χ1v) is 13.2. The molecule has 14 heteroatoms. The van der Waals surface area contributed by atoms with E-state index in [2.05, 4.69) is 10.6 Å². The van der Waals surface area contributed by atoms with Crippen LogP contribution < -0.4 is 15.4 Å². The SMILES string of the molecule is CC(C)C(NC(=O)CN1C(=O)C=CC1=O)C(=O)C[C@@H](C)C(=O)Nc1ccc(COC(=O)Oc2ccc([N+](=O)[O-])cc2)cc1. The molecule has 1 aliphatic heterocycles. The molecule has 2 aromatic rings. The van der Waals surface area contributed by atoms with Crippen LogP contribution in [0.1, 0.15) is 32.8 Å². The Labute approximate surface area is 246 Å². The van der Waals surface area contributed by atoms with Crippen LogP contribution in [0.5, 0.6) is 5.75 Å². The predicted molar refractivity (Wildman–Crippen MR) is 150 cm³/mol. The molecule has 0 aliphatic carbocycles. The molecule has 0 radical (unpaired) electrons. The van der Waals surface area contributed by atoms with Gasteiger partial charge < -0.3 is 20.1 Å². The molecule has 14 nitrogen and oxygen atoms in total. The van der Waals surface area contributed by atoms with E-state index >= 15 is 0 Å². The van der Waals surface area contributed by atoms with Gasteiger partial charge in [-0.1, -0.05) is 32.9 Å². The monoisotopic (exact) mass is 594 g/mol. The summed E-state index contributed by atoms with van der Waals surface area (Å²) >= 11 is 0. The van der Waals surface area contributed by atoms with Crippen molar-refractivity contribution in [2.45, 2.75) is 39.8 Å². The minimum atomic E-state index is -1.00. The van der Waals surface area contributed by atoms with Gasteiger partial charge in [0.15, 0.2) is 5.78 Å². The van der Waals surface area contributed by atoms with Gasteiger partial charge >= 0.3 is 6.16 Å². The highest BCUT2D eigenvalue weighted by molar-refractivity contribution is 6.14. The Bertz CT molecular complexity index is 1420. The largest absolute Gasteiger partial charge is 0.514 e. The lowest BCUT2D eigenvalue weighted by Gasteiger charge is -2.24. The van der Waals surface area contributed by atoms with Crippen molar-refractivity contribution in [3.63, 3.8) is 0 Å². The summed E-state index contributed by atoms with van der Waals surface area (Å²) in [5.41, 5.74) is 0.872. The van der Waals surface area contributed by atoms with Gasteiger partial charge in [0, 0.05) is 42.3 Å². The van der Waals surface area contributed by atoms with Crippen LogP contribution in [0.4, 0.5) is 16.2 Å². The Morgan fingerprint density at radius 3 is 2.09 bits per heavy atom. The van der Waals surface area contributed by atoms with Crippen molar-refractivity contribution in [1.29, 1.82) is 0 Å². The third-order valence-electron chi connectivity index (χ3n) is 6.31. The van der Waals surface area contributed by atoms with Crippen molar-refractivity contribution in [3.8, 4) is 5.75 Å². The molecule has 0 aromatic heterocycles. The van der Waals surface area contributed by atoms with E-state index in [1.807, 2.05) is 0 Å². The topological polar surface area (TPSA) is 191 Å². The Morgan fingerprint density at radius 2 is 1.53 bits per heavy atom. The molecule has 2 atom stereocenters. The Morgan fingerprint density at radius 1 is 0.930 bits per heavy atom. The number of amides is 4. The van der Waals surface area contributed by atoms with Crippen LogP contribution in [0, 0.1) is 22.0 Å². The molecule has 2 aromatic carbocycles. The number of non-ortho nitro benzene ring substituents is 1. The Hall–Kier alpha value is -5.40.